The van der Waals surface area contributed by atoms with Gasteiger partial charge in [0.1, 0.15) is 5.54 Å². The van der Waals surface area contributed by atoms with Crippen molar-refractivity contribution >= 4 is 29.2 Å². The molecule has 1 atom stereocenters. The Labute approximate surface area is 203 Å². The fraction of sp³-hybridized carbons (Fsp3) is 0.320. The third-order valence-electron chi connectivity index (χ3n) is 6.54. The minimum absolute atomic E-state index is 0.206. The van der Waals surface area contributed by atoms with Crippen LogP contribution in [0.3, 0.4) is 0 Å². The first-order valence-corrected chi connectivity index (χ1v) is 11.7. The molecule has 2 aromatic heterocycles. The second kappa shape index (κ2) is 9.10. The summed E-state index contributed by atoms with van der Waals surface area (Å²) in [4.78, 5) is 27.6. The standard InChI is InChI=1S/C25H27N9O/c1-25(23(35)29-18-6-2-5-16(13-18)15-26)10-4-12-34(25)24(27)31-22(19-7-3-11-28-19)30-21-14-20(32-33-21)17-8-9-17/h2-3,5-7,11,13-14,17,28H,4,8-10,12H2,1H3,(H,29,35)(H3,27,30,31,32,33)/t25-/m0/s1. The Morgan fingerprint density at radius 2 is 2.17 bits per heavy atom. The van der Waals surface area contributed by atoms with Gasteiger partial charge in [0.25, 0.3) is 0 Å². The lowest BCUT2D eigenvalue weighted by molar-refractivity contribution is -0.123. The van der Waals surface area contributed by atoms with E-state index in [1.807, 2.05) is 30.0 Å². The highest BCUT2D eigenvalue weighted by atomic mass is 16.2. The second-order valence-corrected chi connectivity index (χ2v) is 9.12. The molecule has 0 unspecified atom stereocenters. The van der Waals surface area contributed by atoms with E-state index in [0.29, 0.717) is 47.5 Å². The maximum Gasteiger partial charge on any atom is 0.250 e. The molecule has 0 spiro atoms. The SMILES string of the molecule is C[C@@]1(C(=O)Nc2cccc(C#N)c2)CCCN1C(N)=NC(=Nc1cc(C2CC2)[nH]n1)c1ccc[nH]1. The number of nitrogens with two attached hydrogens (primary N) is 1. The molecule has 3 heterocycles. The molecule has 5 rings (SSSR count). The molecule has 2 aliphatic rings. The van der Waals surface area contributed by atoms with E-state index >= 15 is 0 Å². The Kier molecular flexibility index (Phi) is 5.82. The molecule has 35 heavy (non-hydrogen) atoms. The summed E-state index contributed by atoms with van der Waals surface area (Å²) in [5.74, 6) is 1.46. The van der Waals surface area contributed by atoms with Crippen molar-refractivity contribution in [3.63, 3.8) is 0 Å². The molecule has 0 bridgehead atoms. The van der Waals surface area contributed by atoms with Crippen molar-refractivity contribution in [3.05, 3.63) is 65.6 Å². The third-order valence-corrected chi connectivity index (χ3v) is 6.54. The van der Waals surface area contributed by atoms with Gasteiger partial charge in [0.05, 0.1) is 17.3 Å². The Morgan fingerprint density at radius 1 is 1.31 bits per heavy atom. The number of carbonyl (C=O) groups excluding carboxylic acids is 1. The topological polar surface area (TPSA) is 151 Å². The van der Waals surface area contributed by atoms with Gasteiger partial charge in [-0.25, -0.2) is 4.99 Å². The van der Waals surface area contributed by atoms with Gasteiger partial charge in [-0.1, -0.05) is 6.07 Å². The quantitative estimate of drug-likeness (QED) is 0.333. The molecule has 10 heteroatoms. The van der Waals surface area contributed by atoms with Crippen LogP contribution in [0.15, 0.2) is 58.6 Å². The molecule has 0 radical (unpaired) electrons. The van der Waals surface area contributed by atoms with E-state index in [2.05, 4.69) is 36.6 Å². The van der Waals surface area contributed by atoms with Gasteiger partial charge >= 0.3 is 0 Å². The number of rotatable bonds is 5. The Bertz CT molecular complexity index is 1330. The molecule has 178 valence electrons. The number of amidine groups is 1. The van der Waals surface area contributed by atoms with Crippen molar-refractivity contribution in [2.75, 3.05) is 11.9 Å². The number of hydrogen-bond acceptors (Lipinski definition) is 4. The highest BCUT2D eigenvalue weighted by molar-refractivity contribution is 6.07. The molecular formula is C25H27N9O. The maximum absolute atomic E-state index is 13.3. The van der Waals surface area contributed by atoms with Gasteiger partial charge in [-0.3, -0.25) is 9.89 Å². The first-order chi connectivity index (χ1) is 17.0. The highest BCUT2D eigenvalue weighted by Gasteiger charge is 2.44. The summed E-state index contributed by atoms with van der Waals surface area (Å²) in [5.41, 5.74) is 8.41. The number of benzene rings is 1. The third kappa shape index (κ3) is 4.66. The zero-order valence-corrected chi connectivity index (χ0v) is 19.5. The van der Waals surface area contributed by atoms with E-state index in [1.165, 1.54) is 0 Å². The number of nitriles is 1. The van der Waals surface area contributed by atoms with Gasteiger partial charge in [0, 0.05) is 36.1 Å². The molecular weight excluding hydrogens is 442 g/mol. The molecule has 1 aromatic carbocycles. The van der Waals surface area contributed by atoms with Crippen molar-refractivity contribution in [1.82, 2.24) is 20.1 Å². The Balaban J connectivity index is 1.41. The summed E-state index contributed by atoms with van der Waals surface area (Å²) in [6, 6.07) is 14.6. The minimum atomic E-state index is -0.900. The molecule has 1 aliphatic heterocycles. The fourth-order valence-corrected chi connectivity index (χ4v) is 4.38. The van der Waals surface area contributed by atoms with Crippen molar-refractivity contribution < 1.29 is 4.79 Å². The summed E-state index contributed by atoms with van der Waals surface area (Å²) in [5, 5.41) is 19.4. The van der Waals surface area contributed by atoms with Gasteiger partial charge in [0.2, 0.25) is 5.91 Å². The number of likely N-dealkylation sites (tertiary alicyclic amines) is 1. The van der Waals surface area contributed by atoms with Crippen LogP contribution in [0.5, 0.6) is 0 Å². The normalized spacial score (nSPS) is 20.6. The van der Waals surface area contributed by atoms with Gasteiger partial charge in [-0.2, -0.15) is 15.4 Å². The molecule has 1 saturated heterocycles. The summed E-state index contributed by atoms with van der Waals surface area (Å²) in [6.07, 6.45) is 5.52. The van der Waals surface area contributed by atoms with Crippen molar-refractivity contribution in [2.24, 2.45) is 15.7 Å². The Hall–Kier alpha value is -4.39. The zero-order chi connectivity index (χ0) is 24.4. The number of guanidine groups is 1. The number of carbonyl (C=O) groups is 1. The monoisotopic (exact) mass is 469 g/mol. The maximum atomic E-state index is 13.3. The molecule has 1 aliphatic carbocycles. The summed E-state index contributed by atoms with van der Waals surface area (Å²) in [7, 11) is 0. The van der Waals surface area contributed by atoms with Crippen LogP contribution in [0.1, 0.15) is 55.5 Å². The Morgan fingerprint density at radius 3 is 2.91 bits per heavy atom. The minimum Gasteiger partial charge on any atom is -0.369 e. The van der Waals surface area contributed by atoms with E-state index in [1.54, 1.807) is 30.5 Å². The lowest BCUT2D eigenvalue weighted by Gasteiger charge is -2.34. The number of amides is 1. The molecule has 2 fully saturated rings. The van der Waals surface area contributed by atoms with Crippen LogP contribution in [0.2, 0.25) is 0 Å². The highest BCUT2D eigenvalue weighted by Crippen LogP contribution is 2.39. The number of aliphatic imine (C=N–C) groups is 2. The number of nitrogens with zero attached hydrogens (tertiary/aromatic N) is 5. The van der Waals surface area contributed by atoms with E-state index in [9.17, 15) is 4.79 Å². The van der Waals surface area contributed by atoms with Gasteiger partial charge in [-0.15, -0.1) is 0 Å². The predicted molar refractivity (Wildman–Crippen MR) is 133 cm³/mol. The van der Waals surface area contributed by atoms with Crippen LogP contribution >= 0.6 is 0 Å². The number of aromatic amines is 2. The van der Waals surface area contributed by atoms with Crippen molar-refractivity contribution in [3.8, 4) is 6.07 Å². The van der Waals surface area contributed by atoms with E-state index in [0.717, 1.165) is 25.0 Å². The van der Waals surface area contributed by atoms with Crippen LogP contribution < -0.4 is 11.1 Å². The number of aromatic nitrogens is 3. The van der Waals surface area contributed by atoms with E-state index in [4.69, 9.17) is 11.0 Å². The van der Waals surface area contributed by atoms with Crippen molar-refractivity contribution in [1.29, 1.82) is 5.26 Å². The molecule has 5 N–H and O–H groups in total. The predicted octanol–water partition coefficient (Wildman–Crippen LogP) is 3.37. The average Bonchev–Trinajstić information content (AvgIpc) is 3.23. The summed E-state index contributed by atoms with van der Waals surface area (Å²) >= 11 is 0. The largest absolute Gasteiger partial charge is 0.369 e. The summed E-state index contributed by atoms with van der Waals surface area (Å²) < 4.78 is 0. The van der Waals surface area contributed by atoms with Gasteiger partial charge < -0.3 is 20.9 Å². The number of H-pyrrole nitrogens is 2. The lowest BCUT2D eigenvalue weighted by atomic mass is 9.97. The number of nitrogens with one attached hydrogen (secondary N) is 3. The molecule has 3 aromatic rings. The first kappa shape index (κ1) is 22.4. The fourth-order valence-electron chi connectivity index (χ4n) is 4.38. The first-order valence-electron chi connectivity index (χ1n) is 11.7. The van der Waals surface area contributed by atoms with Crippen molar-refractivity contribution in [2.45, 2.75) is 44.1 Å². The van der Waals surface area contributed by atoms with Gasteiger partial charge in [-0.05, 0) is 62.9 Å². The molecule has 1 amide bonds. The second-order valence-electron chi connectivity index (χ2n) is 9.12. The number of hydrogen-bond donors (Lipinski definition) is 4. The van der Waals surface area contributed by atoms with Crippen LogP contribution in [-0.4, -0.2) is 49.9 Å². The van der Waals surface area contributed by atoms with Gasteiger partial charge in [0.15, 0.2) is 17.6 Å². The smallest absolute Gasteiger partial charge is 0.250 e. The van der Waals surface area contributed by atoms with Crippen LogP contribution in [0.25, 0.3) is 0 Å². The van der Waals surface area contributed by atoms with Crippen LogP contribution in [0, 0.1) is 11.3 Å². The summed E-state index contributed by atoms with van der Waals surface area (Å²) in [6.45, 7) is 2.44. The van der Waals surface area contributed by atoms with E-state index in [-0.39, 0.29) is 11.9 Å². The molecule has 10 nitrogen and oxygen atoms in total. The lowest BCUT2D eigenvalue weighted by Crippen LogP contribution is -2.55. The molecule has 1 saturated carbocycles. The average molecular weight is 470 g/mol. The van der Waals surface area contributed by atoms with Crippen LogP contribution in [0.4, 0.5) is 11.5 Å². The zero-order valence-electron chi connectivity index (χ0n) is 19.5. The van der Waals surface area contributed by atoms with Crippen LogP contribution in [-0.2, 0) is 4.79 Å². The number of anilines is 1. The van der Waals surface area contributed by atoms with E-state index < -0.39 is 5.54 Å².